The third-order valence-corrected chi connectivity index (χ3v) is 0.764. The van der Waals surface area contributed by atoms with E-state index in [1.54, 1.807) is 0 Å². The Morgan fingerprint density at radius 3 is 2.57 bits per heavy atom. The number of hydrogen-bond donors (Lipinski definition) is 0. The fourth-order valence-corrected chi connectivity index (χ4v) is 0.356. The zero-order valence-corrected chi connectivity index (χ0v) is 4.58. The van der Waals surface area contributed by atoms with Gasteiger partial charge in [-0.25, -0.2) is 4.39 Å². The third-order valence-electron chi connectivity index (χ3n) is 0.764. The Hall–Kier alpha value is -0.330. The van der Waals surface area contributed by atoms with Crippen molar-refractivity contribution in [3.05, 3.63) is 12.7 Å². The Morgan fingerprint density at radius 1 is 1.86 bits per heavy atom. The number of rotatable bonds is 3. The summed E-state index contributed by atoms with van der Waals surface area (Å²) in [6, 6.07) is 0. The lowest BCUT2D eigenvalue weighted by atomic mass is 10.2. The van der Waals surface area contributed by atoms with E-state index in [-0.39, 0.29) is 0 Å². The summed E-state index contributed by atoms with van der Waals surface area (Å²) in [5, 5.41) is 0. The van der Waals surface area contributed by atoms with E-state index < -0.39 is 6.17 Å². The molecule has 0 saturated heterocycles. The maximum Gasteiger partial charge on any atom is 0.125 e. The highest BCUT2D eigenvalue weighted by Gasteiger charge is 1.94. The normalized spacial score (nSPS) is 13.4. The summed E-state index contributed by atoms with van der Waals surface area (Å²) in [6.07, 6.45) is 2.76. The topological polar surface area (TPSA) is 0 Å². The maximum atomic E-state index is 12.0. The first-order valence-corrected chi connectivity index (χ1v) is 2.48. The van der Waals surface area contributed by atoms with Crippen molar-refractivity contribution < 1.29 is 4.39 Å². The van der Waals surface area contributed by atoms with Crippen LogP contribution < -0.4 is 0 Å². The van der Waals surface area contributed by atoms with Crippen LogP contribution in [0.25, 0.3) is 0 Å². The van der Waals surface area contributed by atoms with Crippen LogP contribution in [-0.4, -0.2) is 6.17 Å². The van der Waals surface area contributed by atoms with Crippen LogP contribution in [0.1, 0.15) is 19.8 Å². The van der Waals surface area contributed by atoms with Crippen LogP contribution in [0.15, 0.2) is 6.58 Å². The summed E-state index contributed by atoms with van der Waals surface area (Å²) in [7, 11) is 0. The minimum atomic E-state index is -0.912. The molecule has 0 aromatic rings. The van der Waals surface area contributed by atoms with Gasteiger partial charge in [-0.15, -0.1) is 0 Å². The monoisotopic (exact) mass is 101 g/mol. The predicted octanol–water partition coefficient (Wildman–Crippen LogP) is 2.11. The fourth-order valence-electron chi connectivity index (χ4n) is 0.356. The first kappa shape index (κ1) is 6.67. The molecule has 0 saturated carbocycles. The Kier molecular flexibility index (Phi) is 3.67. The van der Waals surface area contributed by atoms with Crippen molar-refractivity contribution in [3.8, 4) is 0 Å². The number of alkyl halides is 1. The molecule has 0 aromatic heterocycles. The molecule has 1 unspecified atom stereocenters. The van der Waals surface area contributed by atoms with E-state index in [0.29, 0.717) is 6.42 Å². The molecule has 0 spiro atoms. The van der Waals surface area contributed by atoms with Gasteiger partial charge in [0, 0.05) is 0 Å². The van der Waals surface area contributed by atoms with Gasteiger partial charge in [-0.2, -0.15) is 0 Å². The van der Waals surface area contributed by atoms with Gasteiger partial charge >= 0.3 is 0 Å². The molecule has 0 rings (SSSR count). The molecule has 0 aliphatic rings. The van der Waals surface area contributed by atoms with Crippen molar-refractivity contribution in [2.75, 3.05) is 0 Å². The molecule has 0 heterocycles. The van der Waals surface area contributed by atoms with Gasteiger partial charge in [0.1, 0.15) is 6.17 Å². The largest absolute Gasteiger partial charge is 0.242 e. The summed E-state index contributed by atoms with van der Waals surface area (Å²) in [6.45, 7) is 5.11. The molecule has 1 heteroatoms. The van der Waals surface area contributed by atoms with Gasteiger partial charge in [0.25, 0.3) is 0 Å². The van der Waals surface area contributed by atoms with Crippen molar-refractivity contribution in [1.29, 1.82) is 0 Å². The highest BCUT2D eigenvalue weighted by atomic mass is 19.1. The quantitative estimate of drug-likeness (QED) is 0.510. The molecule has 0 aromatic carbocycles. The van der Waals surface area contributed by atoms with Crippen LogP contribution in [0.3, 0.4) is 0 Å². The van der Waals surface area contributed by atoms with Crippen molar-refractivity contribution >= 4 is 0 Å². The standard InChI is InChI=1S/C6H10F/c1-3-5-6(7)4-2/h6H,2-3,5H2,1H3. The second kappa shape index (κ2) is 3.85. The molecule has 0 aliphatic carbocycles. The van der Waals surface area contributed by atoms with E-state index in [1.165, 1.54) is 0 Å². The average Bonchev–Trinajstić information content (AvgIpc) is 1.68. The SMILES string of the molecule is C=[C]C(F)CCC. The van der Waals surface area contributed by atoms with E-state index in [0.717, 1.165) is 6.42 Å². The van der Waals surface area contributed by atoms with Gasteiger partial charge in [-0.1, -0.05) is 19.9 Å². The minimum absolute atomic E-state index is 0.559. The average molecular weight is 101 g/mol. The molecule has 41 valence electrons. The molecule has 0 nitrogen and oxygen atoms in total. The molecular weight excluding hydrogens is 91.1 g/mol. The molecule has 0 amide bonds. The first-order valence-electron chi connectivity index (χ1n) is 2.48. The predicted molar refractivity (Wildman–Crippen MR) is 28.7 cm³/mol. The smallest absolute Gasteiger partial charge is 0.125 e. The van der Waals surface area contributed by atoms with Crippen LogP contribution in [-0.2, 0) is 0 Å². The first-order chi connectivity index (χ1) is 3.31. The summed E-state index contributed by atoms with van der Waals surface area (Å²) >= 11 is 0. The third kappa shape index (κ3) is 3.50. The van der Waals surface area contributed by atoms with Crippen molar-refractivity contribution in [1.82, 2.24) is 0 Å². The van der Waals surface area contributed by atoms with Crippen molar-refractivity contribution in [2.45, 2.75) is 25.9 Å². The van der Waals surface area contributed by atoms with Gasteiger partial charge in [0.15, 0.2) is 0 Å². The Balaban J connectivity index is 2.98. The van der Waals surface area contributed by atoms with Crippen LogP contribution in [0.4, 0.5) is 4.39 Å². The highest BCUT2D eigenvalue weighted by molar-refractivity contribution is 4.67. The molecule has 0 bridgehead atoms. The van der Waals surface area contributed by atoms with Crippen LogP contribution in [0, 0.1) is 6.08 Å². The zero-order valence-electron chi connectivity index (χ0n) is 4.58. The lowest BCUT2D eigenvalue weighted by Gasteiger charge is -1.93. The number of allylic oxidation sites excluding steroid dienone is 1. The zero-order chi connectivity index (χ0) is 5.70. The Morgan fingerprint density at radius 2 is 2.43 bits per heavy atom. The van der Waals surface area contributed by atoms with Gasteiger partial charge in [0.05, 0.1) is 0 Å². The highest BCUT2D eigenvalue weighted by Crippen LogP contribution is 1.99. The van der Waals surface area contributed by atoms with Gasteiger partial charge < -0.3 is 0 Å². The van der Waals surface area contributed by atoms with Crippen molar-refractivity contribution in [3.63, 3.8) is 0 Å². The number of hydrogen-bond acceptors (Lipinski definition) is 0. The molecule has 0 fully saturated rings. The summed E-state index contributed by atoms with van der Waals surface area (Å²) in [4.78, 5) is 0. The summed E-state index contributed by atoms with van der Waals surface area (Å²) < 4.78 is 12.0. The lowest BCUT2D eigenvalue weighted by Crippen LogP contribution is -1.91. The molecule has 0 aliphatic heterocycles. The van der Waals surface area contributed by atoms with E-state index in [1.807, 2.05) is 6.92 Å². The molecule has 1 atom stereocenters. The van der Waals surface area contributed by atoms with E-state index in [2.05, 4.69) is 12.7 Å². The van der Waals surface area contributed by atoms with Gasteiger partial charge in [0.2, 0.25) is 0 Å². The second-order valence-corrected chi connectivity index (χ2v) is 1.46. The maximum absolute atomic E-state index is 12.0. The summed E-state index contributed by atoms with van der Waals surface area (Å²) in [5.41, 5.74) is 0. The lowest BCUT2D eigenvalue weighted by molar-refractivity contribution is 0.367. The minimum Gasteiger partial charge on any atom is -0.242 e. The van der Waals surface area contributed by atoms with Crippen LogP contribution >= 0.6 is 0 Å². The fraction of sp³-hybridized carbons (Fsp3) is 0.667. The van der Waals surface area contributed by atoms with Crippen molar-refractivity contribution in [2.24, 2.45) is 0 Å². The molecule has 1 radical (unpaired) electrons. The van der Waals surface area contributed by atoms with Crippen LogP contribution in [0.5, 0.6) is 0 Å². The molecular formula is C6H10F. The van der Waals surface area contributed by atoms with E-state index in [4.69, 9.17) is 0 Å². The number of halogens is 1. The Bertz CT molecular complexity index is 50.1. The molecule has 7 heavy (non-hydrogen) atoms. The van der Waals surface area contributed by atoms with Crippen LogP contribution in [0.2, 0.25) is 0 Å². The van der Waals surface area contributed by atoms with E-state index in [9.17, 15) is 4.39 Å². The molecule has 0 N–H and O–H groups in total. The summed E-state index contributed by atoms with van der Waals surface area (Å²) in [5.74, 6) is 0. The Labute approximate surface area is 44.0 Å². The van der Waals surface area contributed by atoms with E-state index >= 15 is 0 Å². The second-order valence-electron chi connectivity index (χ2n) is 1.46. The van der Waals surface area contributed by atoms with Gasteiger partial charge in [-0.05, 0) is 12.5 Å². The van der Waals surface area contributed by atoms with Gasteiger partial charge in [-0.3, -0.25) is 0 Å².